The second-order valence-corrected chi connectivity index (χ2v) is 6.97. The molecule has 0 spiro atoms. The van der Waals surface area contributed by atoms with Gasteiger partial charge in [-0.3, -0.25) is 9.79 Å². The molecular weight excluding hydrogens is 397 g/mol. The van der Waals surface area contributed by atoms with Gasteiger partial charge in [0.15, 0.2) is 11.9 Å². The van der Waals surface area contributed by atoms with Crippen LogP contribution in [0.15, 0.2) is 82.3 Å². The Labute approximate surface area is 176 Å². The predicted octanol–water partition coefficient (Wildman–Crippen LogP) is 3.67. The van der Waals surface area contributed by atoms with Crippen molar-refractivity contribution in [2.75, 3.05) is 5.32 Å². The van der Waals surface area contributed by atoms with Gasteiger partial charge in [-0.1, -0.05) is 59.7 Å². The molecule has 0 aliphatic carbocycles. The topological polar surface area (TPSA) is 93.3 Å². The number of nitrogens with zero attached hydrogens (tertiary/aromatic N) is 4. The number of ketones is 1. The summed E-state index contributed by atoms with van der Waals surface area (Å²) in [5.41, 5.74) is 3.80. The molecule has 0 fully saturated rings. The first-order chi connectivity index (χ1) is 15.2. The summed E-state index contributed by atoms with van der Waals surface area (Å²) in [6, 6.07) is 20.2. The lowest BCUT2D eigenvalue weighted by molar-refractivity contribution is -0.119. The molecule has 0 saturated carbocycles. The van der Waals surface area contributed by atoms with Crippen molar-refractivity contribution < 1.29 is 13.6 Å². The van der Waals surface area contributed by atoms with Gasteiger partial charge in [-0.05, 0) is 11.6 Å². The molecule has 31 heavy (non-hydrogen) atoms. The number of fused-ring (bicyclic) bond motifs is 1. The van der Waals surface area contributed by atoms with Crippen LogP contribution in [-0.4, -0.2) is 32.8 Å². The number of aromatic nitrogens is 3. The Morgan fingerprint density at radius 2 is 1.77 bits per heavy atom. The quantitative estimate of drug-likeness (QED) is 0.513. The molecule has 2 aromatic heterocycles. The maximum Gasteiger partial charge on any atom is 0.317 e. The summed E-state index contributed by atoms with van der Waals surface area (Å²) in [5, 5.41) is 10.8. The van der Waals surface area contributed by atoms with Crippen LogP contribution >= 0.6 is 0 Å². The fourth-order valence-corrected chi connectivity index (χ4v) is 3.45. The first kappa shape index (κ1) is 18.8. The summed E-state index contributed by atoms with van der Waals surface area (Å²) in [6.45, 7) is 0. The Balaban J connectivity index is 1.50. The summed E-state index contributed by atoms with van der Waals surface area (Å²) in [5.74, 6) is -0.674. The number of hydrogen-bond acceptors (Lipinski definition) is 7. The van der Waals surface area contributed by atoms with Gasteiger partial charge in [-0.2, -0.15) is 4.39 Å². The zero-order valence-corrected chi connectivity index (χ0v) is 16.2. The Hall–Kier alpha value is -4.20. The van der Waals surface area contributed by atoms with E-state index in [4.69, 9.17) is 9.41 Å². The van der Waals surface area contributed by atoms with Crippen LogP contribution in [0, 0.1) is 5.95 Å². The molecule has 0 amide bonds. The number of Topliss-reactive ketones (excluding diaryl/α,β-unsaturated/α-hetero) is 1. The highest BCUT2D eigenvalue weighted by Gasteiger charge is 2.27. The number of aliphatic imine (C=N–C) groups is 1. The lowest BCUT2D eigenvalue weighted by Crippen LogP contribution is -2.29. The van der Waals surface area contributed by atoms with Crippen LogP contribution in [-0.2, 0) is 11.2 Å². The van der Waals surface area contributed by atoms with Crippen LogP contribution in [0.5, 0.6) is 0 Å². The van der Waals surface area contributed by atoms with Gasteiger partial charge in [0.05, 0.1) is 5.71 Å². The molecule has 1 atom stereocenters. The monoisotopic (exact) mass is 413 g/mol. The van der Waals surface area contributed by atoms with Crippen LogP contribution in [0.25, 0.3) is 11.5 Å². The van der Waals surface area contributed by atoms with Crippen molar-refractivity contribution in [3.05, 3.63) is 95.6 Å². The van der Waals surface area contributed by atoms with E-state index in [1.165, 1.54) is 12.3 Å². The van der Waals surface area contributed by atoms with E-state index in [2.05, 4.69) is 20.5 Å². The van der Waals surface area contributed by atoms with Crippen LogP contribution < -0.4 is 5.32 Å². The largest absolute Gasteiger partial charge is 0.403 e. The maximum absolute atomic E-state index is 13.4. The number of carbonyl (C=O) groups is 1. The van der Waals surface area contributed by atoms with E-state index in [0.29, 0.717) is 11.3 Å². The van der Waals surface area contributed by atoms with Crippen molar-refractivity contribution in [1.29, 1.82) is 0 Å². The lowest BCUT2D eigenvalue weighted by atomic mass is 9.96. The third-order valence-electron chi connectivity index (χ3n) is 4.91. The molecule has 152 valence electrons. The number of carbonyl (C=O) groups excluding carboxylic acids is 1. The minimum absolute atomic E-state index is 0.0210. The molecule has 7 nitrogen and oxygen atoms in total. The summed E-state index contributed by atoms with van der Waals surface area (Å²) in [4.78, 5) is 21.2. The molecule has 1 N–H and O–H groups in total. The molecule has 8 heteroatoms. The van der Waals surface area contributed by atoms with Crippen molar-refractivity contribution in [2.24, 2.45) is 4.99 Å². The van der Waals surface area contributed by atoms with Gasteiger partial charge in [0.25, 0.3) is 0 Å². The minimum Gasteiger partial charge on any atom is -0.403 e. The van der Waals surface area contributed by atoms with Gasteiger partial charge in [0, 0.05) is 35.4 Å². The van der Waals surface area contributed by atoms with Crippen molar-refractivity contribution in [3.8, 4) is 11.5 Å². The van der Waals surface area contributed by atoms with Crippen LogP contribution in [0.4, 0.5) is 10.4 Å². The molecule has 0 bridgehead atoms. The average Bonchev–Trinajstić information content (AvgIpc) is 3.21. The molecule has 4 aromatic rings. The molecule has 1 aliphatic heterocycles. The highest BCUT2D eigenvalue weighted by atomic mass is 19.1. The average molecular weight is 413 g/mol. The molecule has 3 heterocycles. The molecular formula is C23H16FN5O2. The van der Waals surface area contributed by atoms with E-state index >= 15 is 0 Å². The van der Waals surface area contributed by atoms with E-state index < -0.39 is 12.1 Å². The maximum atomic E-state index is 13.4. The third-order valence-corrected chi connectivity index (χ3v) is 4.91. The minimum atomic E-state index is -0.912. The Morgan fingerprint density at radius 3 is 2.61 bits per heavy atom. The standard InChI is InChI=1S/C23H16FN5O2/c24-19-13-16(10-11-25-19)22-28-29-23(31-22)27-21-18(30)12-15-8-4-5-9-17(15)20(26-21)14-6-2-1-3-7-14/h1-11,13,21H,12H2,(H,27,29)/t21-/m1/s1. The van der Waals surface area contributed by atoms with Crippen molar-refractivity contribution >= 4 is 17.5 Å². The lowest BCUT2D eigenvalue weighted by Gasteiger charge is -2.11. The fraction of sp³-hybridized carbons (Fsp3) is 0.0870. The Bertz CT molecular complexity index is 1290. The second-order valence-electron chi connectivity index (χ2n) is 6.97. The molecule has 0 radical (unpaired) electrons. The Morgan fingerprint density at radius 1 is 0.968 bits per heavy atom. The number of nitrogens with one attached hydrogen (secondary N) is 1. The van der Waals surface area contributed by atoms with Crippen LogP contribution in [0.1, 0.15) is 16.7 Å². The summed E-state index contributed by atoms with van der Waals surface area (Å²) < 4.78 is 19.0. The molecule has 0 saturated heterocycles. The SMILES string of the molecule is O=C1Cc2ccccc2C(c2ccccc2)=N[C@@H]1Nc1nnc(-c2ccnc(F)c2)o1. The summed E-state index contributed by atoms with van der Waals surface area (Å²) in [6.07, 6.45) is 0.611. The van der Waals surface area contributed by atoms with Crippen molar-refractivity contribution in [1.82, 2.24) is 15.2 Å². The van der Waals surface area contributed by atoms with Gasteiger partial charge < -0.3 is 9.73 Å². The highest BCUT2D eigenvalue weighted by molar-refractivity contribution is 6.16. The van der Waals surface area contributed by atoms with Gasteiger partial charge in [-0.15, -0.1) is 5.10 Å². The van der Waals surface area contributed by atoms with Gasteiger partial charge in [0.2, 0.25) is 11.8 Å². The summed E-state index contributed by atoms with van der Waals surface area (Å²) in [7, 11) is 0. The predicted molar refractivity (Wildman–Crippen MR) is 112 cm³/mol. The highest BCUT2D eigenvalue weighted by Crippen LogP contribution is 2.24. The van der Waals surface area contributed by atoms with E-state index in [0.717, 1.165) is 16.7 Å². The van der Waals surface area contributed by atoms with Gasteiger partial charge >= 0.3 is 6.01 Å². The van der Waals surface area contributed by atoms with Crippen LogP contribution in [0.3, 0.4) is 0 Å². The summed E-state index contributed by atoms with van der Waals surface area (Å²) >= 11 is 0. The number of anilines is 1. The van der Waals surface area contributed by atoms with E-state index in [9.17, 15) is 9.18 Å². The smallest absolute Gasteiger partial charge is 0.317 e. The van der Waals surface area contributed by atoms with Gasteiger partial charge in [-0.25, -0.2) is 4.98 Å². The molecule has 2 aromatic carbocycles. The first-order valence-electron chi connectivity index (χ1n) is 9.63. The number of pyridine rings is 1. The van der Waals surface area contributed by atoms with Gasteiger partial charge in [0.1, 0.15) is 0 Å². The Kier molecular flexibility index (Phi) is 4.80. The number of halogens is 1. The molecule has 1 aliphatic rings. The second kappa shape index (κ2) is 7.91. The van der Waals surface area contributed by atoms with Crippen LogP contribution in [0.2, 0.25) is 0 Å². The van der Waals surface area contributed by atoms with Crippen molar-refractivity contribution in [2.45, 2.75) is 12.6 Å². The normalized spacial score (nSPS) is 15.7. The van der Waals surface area contributed by atoms with E-state index in [-0.39, 0.29) is 24.1 Å². The number of benzene rings is 2. The number of rotatable bonds is 4. The molecule has 5 rings (SSSR count). The zero-order valence-electron chi connectivity index (χ0n) is 16.2. The molecule has 0 unspecified atom stereocenters. The van der Waals surface area contributed by atoms with Crippen molar-refractivity contribution in [3.63, 3.8) is 0 Å². The van der Waals surface area contributed by atoms with E-state index in [1.54, 1.807) is 6.07 Å². The third kappa shape index (κ3) is 3.83. The van der Waals surface area contributed by atoms with E-state index in [1.807, 2.05) is 54.6 Å². The fourth-order valence-electron chi connectivity index (χ4n) is 3.45. The number of hydrogen-bond donors (Lipinski definition) is 1. The first-order valence-corrected chi connectivity index (χ1v) is 9.63. The zero-order chi connectivity index (χ0) is 21.2.